The molecule has 1 saturated carbocycles. The van der Waals surface area contributed by atoms with E-state index in [1.807, 2.05) is 18.2 Å². The van der Waals surface area contributed by atoms with Crippen molar-refractivity contribution < 1.29 is 9.53 Å². The molecule has 2 aromatic carbocycles. The zero-order valence-electron chi connectivity index (χ0n) is 16.6. The van der Waals surface area contributed by atoms with Crippen molar-refractivity contribution in [2.24, 2.45) is 0 Å². The largest absolute Gasteiger partial charge is 0.489 e. The number of Topliss-reactive ketones (excluding diaryl/α,β-unsaturated/α-hetero) is 1. The molecule has 0 aliphatic heterocycles. The third-order valence-electron chi connectivity index (χ3n) is 5.85. The van der Waals surface area contributed by atoms with Gasteiger partial charge >= 0.3 is 0 Å². The van der Waals surface area contributed by atoms with Crippen LogP contribution in [-0.2, 0) is 16.9 Å². The molecule has 0 heterocycles. The molecule has 3 nitrogen and oxygen atoms in total. The van der Waals surface area contributed by atoms with Gasteiger partial charge in [-0.05, 0) is 56.1 Å². The molecule has 144 valence electrons. The summed E-state index contributed by atoms with van der Waals surface area (Å²) in [6.45, 7) is 3.87. The minimum absolute atomic E-state index is 0.0267. The predicted octanol–water partition coefficient (Wildman–Crippen LogP) is 5.34. The Hall–Kier alpha value is -2.13. The summed E-state index contributed by atoms with van der Waals surface area (Å²) in [5.41, 5.74) is 2.45. The highest BCUT2D eigenvalue weighted by molar-refractivity contribution is 5.79. The Balaban J connectivity index is 1.73. The molecule has 0 amide bonds. The summed E-state index contributed by atoms with van der Waals surface area (Å²) in [7, 11) is 2.21. The van der Waals surface area contributed by atoms with Gasteiger partial charge in [0.1, 0.15) is 18.1 Å². The van der Waals surface area contributed by atoms with Crippen LogP contribution in [0.5, 0.6) is 5.75 Å². The SMILES string of the molecule is CCCCN(C)C1(c2ccc(OCc3ccccc3)cc2)CCC(=O)CC1. The number of unbranched alkanes of at least 4 members (excludes halogenated alkanes) is 1. The van der Waals surface area contributed by atoms with E-state index in [1.165, 1.54) is 24.0 Å². The van der Waals surface area contributed by atoms with Gasteiger partial charge in [-0.3, -0.25) is 9.69 Å². The van der Waals surface area contributed by atoms with E-state index < -0.39 is 0 Å². The van der Waals surface area contributed by atoms with Crippen molar-refractivity contribution in [2.75, 3.05) is 13.6 Å². The maximum Gasteiger partial charge on any atom is 0.133 e. The maximum absolute atomic E-state index is 11.9. The van der Waals surface area contributed by atoms with E-state index in [1.54, 1.807) is 0 Å². The van der Waals surface area contributed by atoms with Crippen molar-refractivity contribution in [1.82, 2.24) is 4.90 Å². The van der Waals surface area contributed by atoms with Crippen molar-refractivity contribution in [3.63, 3.8) is 0 Å². The van der Waals surface area contributed by atoms with E-state index >= 15 is 0 Å². The first-order valence-electron chi connectivity index (χ1n) is 10.1. The molecule has 0 spiro atoms. The lowest BCUT2D eigenvalue weighted by Gasteiger charge is -2.45. The van der Waals surface area contributed by atoms with Gasteiger partial charge in [0.05, 0.1) is 0 Å². The number of hydrogen-bond donors (Lipinski definition) is 0. The molecule has 0 radical (unpaired) electrons. The monoisotopic (exact) mass is 365 g/mol. The first kappa shape index (κ1) is 19.6. The van der Waals surface area contributed by atoms with Gasteiger partial charge < -0.3 is 4.74 Å². The summed E-state index contributed by atoms with van der Waals surface area (Å²) in [4.78, 5) is 14.3. The van der Waals surface area contributed by atoms with E-state index in [0.717, 1.165) is 25.1 Å². The minimum Gasteiger partial charge on any atom is -0.489 e. The molecular weight excluding hydrogens is 334 g/mol. The lowest BCUT2D eigenvalue weighted by Crippen LogP contribution is -2.47. The summed E-state index contributed by atoms with van der Waals surface area (Å²) in [6.07, 6.45) is 5.56. The van der Waals surface area contributed by atoms with E-state index in [0.29, 0.717) is 25.2 Å². The summed E-state index contributed by atoms with van der Waals surface area (Å²) in [5, 5.41) is 0. The van der Waals surface area contributed by atoms with Crippen LogP contribution >= 0.6 is 0 Å². The molecule has 0 N–H and O–H groups in total. The van der Waals surface area contributed by atoms with Gasteiger partial charge in [0, 0.05) is 18.4 Å². The van der Waals surface area contributed by atoms with Crippen molar-refractivity contribution in [3.05, 3.63) is 65.7 Å². The van der Waals surface area contributed by atoms with Gasteiger partial charge in [0.2, 0.25) is 0 Å². The number of ketones is 1. The second-order valence-electron chi connectivity index (χ2n) is 7.64. The Kier molecular flexibility index (Phi) is 6.68. The number of hydrogen-bond acceptors (Lipinski definition) is 3. The molecule has 0 aromatic heterocycles. The number of ether oxygens (including phenoxy) is 1. The molecule has 3 heteroatoms. The van der Waals surface area contributed by atoms with Crippen LogP contribution in [0.2, 0.25) is 0 Å². The number of carbonyl (C=O) groups excluding carboxylic acids is 1. The van der Waals surface area contributed by atoms with Gasteiger partial charge in [-0.2, -0.15) is 0 Å². The first-order valence-corrected chi connectivity index (χ1v) is 10.1. The average molecular weight is 366 g/mol. The molecule has 0 unspecified atom stereocenters. The third-order valence-corrected chi connectivity index (χ3v) is 5.85. The number of rotatable bonds is 8. The Bertz CT molecular complexity index is 714. The van der Waals surface area contributed by atoms with Crippen LogP contribution in [0.15, 0.2) is 54.6 Å². The molecule has 1 aliphatic carbocycles. The topological polar surface area (TPSA) is 29.5 Å². The minimum atomic E-state index is -0.0267. The highest BCUT2D eigenvalue weighted by Gasteiger charge is 2.39. The van der Waals surface area contributed by atoms with Gasteiger partial charge in [0.15, 0.2) is 0 Å². The third kappa shape index (κ3) is 4.78. The van der Waals surface area contributed by atoms with E-state index in [2.05, 4.69) is 55.3 Å². The quantitative estimate of drug-likeness (QED) is 0.633. The molecular formula is C24H31NO2. The summed E-state index contributed by atoms with van der Waals surface area (Å²) >= 11 is 0. The zero-order chi connectivity index (χ0) is 19.1. The number of benzene rings is 2. The molecule has 27 heavy (non-hydrogen) atoms. The Morgan fingerprint density at radius 1 is 1.00 bits per heavy atom. The van der Waals surface area contributed by atoms with Crippen molar-refractivity contribution in [3.8, 4) is 5.75 Å². The molecule has 2 aromatic rings. The Labute approximate surface area is 163 Å². The highest BCUT2D eigenvalue weighted by Crippen LogP contribution is 2.41. The van der Waals surface area contributed by atoms with Crippen molar-refractivity contribution >= 4 is 5.78 Å². The second kappa shape index (κ2) is 9.18. The van der Waals surface area contributed by atoms with Crippen LogP contribution in [0.3, 0.4) is 0 Å². The maximum atomic E-state index is 11.9. The predicted molar refractivity (Wildman–Crippen MR) is 110 cm³/mol. The molecule has 0 bridgehead atoms. The summed E-state index contributed by atoms with van der Waals surface area (Å²) in [6, 6.07) is 18.8. The van der Waals surface area contributed by atoms with Gasteiger partial charge in [-0.15, -0.1) is 0 Å². The lowest BCUT2D eigenvalue weighted by atomic mass is 9.75. The van der Waals surface area contributed by atoms with Crippen LogP contribution in [0, 0.1) is 0 Å². The van der Waals surface area contributed by atoms with E-state index in [-0.39, 0.29) is 5.54 Å². The van der Waals surface area contributed by atoms with Crippen LogP contribution in [0.1, 0.15) is 56.6 Å². The zero-order valence-corrected chi connectivity index (χ0v) is 16.6. The number of carbonyl (C=O) groups is 1. The summed E-state index contributed by atoms with van der Waals surface area (Å²) < 4.78 is 5.94. The fourth-order valence-electron chi connectivity index (χ4n) is 4.04. The van der Waals surface area contributed by atoms with Crippen LogP contribution in [0.25, 0.3) is 0 Å². The lowest BCUT2D eigenvalue weighted by molar-refractivity contribution is -0.123. The molecule has 3 rings (SSSR count). The highest BCUT2D eigenvalue weighted by atomic mass is 16.5. The van der Waals surface area contributed by atoms with Crippen molar-refractivity contribution in [2.45, 2.75) is 57.6 Å². The van der Waals surface area contributed by atoms with Gasteiger partial charge in [0.25, 0.3) is 0 Å². The molecule has 1 fully saturated rings. The first-order chi connectivity index (χ1) is 13.1. The van der Waals surface area contributed by atoms with E-state index in [4.69, 9.17) is 4.74 Å². The second-order valence-corrected chi connectivity index (χ2v) is 7.64. The molecule has 0 saturated heterocycles. The fourth-order valence-corrected chi connectivity index (χ4v) is 4.04. The van der Waals surface area contributed by atoms with E-state index in [9.17, 15) is 4.79 Å². The smallest absolute Gasteiger partial charge is 0.133 e. The molecule has 0 atom stereocenters. The van der Waals surface area contributed by atoms with Gasteiger partial charge in [-0.25, -0.2) is 0 Å². The fraction of sp³-hybridized carbons (Fsp3) is 0.458. The van der Waals surface area contributed by atoms with Crippen LogP contribution < -0.4 is 4.74 Å². The van der Waals surface area contributed by atoms with Crippen molar-refractivity contribution in [1.29, 1.82) is 0 Å². The van der Waals surface area contributed by atoms with Gasteiger partial charge in [-0.1, -0.05) is 55.8 Å². The standard InChI is InChI=1S/C24H31NO2/c1-3-4-18-25(2)24(16-14-22(26)15-17-24)21-10-12-23(13-11-21)27-19-20-8-6-5-7-9-20/h5-13H,3-4,14-19H2,1-2H3. The Morgan fingerprint density at radius 2 is 1.67 bits per heavy atom. The van der Waals surface area contributed by atoms with Crippen LogP contribution in [0.4, 0.5) is 0 Å². The van der Waals surface area contributed by atoms with Crippen LogP contribution in [-0.4, -0.2) is 24.3 Å². The molecule has 1 aliphatic rings. The normalized spacial score (nSPS) is 16.5. The summed E-state index contributed by atoms with van der Waals surface area (Å²) in [5.74, 6) is 1.29. The average Bonchev–Trinajstić information content (AvgIpc) is 2.72. The Morgan fingerprint density at radius 3 is 2.30 bits per heavy atom. The number of nitrogens with zero attached hydrogens (tertiary/aromatic N) is 1.